The van der Waals surface area contributed by atoms with Gasteiger partial charge in [0, 0.05) is 44.2 Å². The van der Waals surface area contributed by atoms with Gasteiger partial charge in [-0.05, 0) is 52.7 Å². The van der Waals surface area contributed by atoms with Gasteiger partial charge < -0.3 is 4.74 Å². The van der Waals surface area contributed by atoms with Gasteiger partial charge >= 0.3 is 5.97 Å². The Bertz CT molecular complexity index is 884. The summed E-state index contributed by atoms with van der Waals surface area (Å²) in [5.74, 6) is -0.424. The van der Waals surface area contributed by atoms with E-state index in [0.717, 1.165) is 15.7 Å². The number of hydrogen-bond acceptors (Lipinski definition) is 3. The lowest BCUT2D eigenvalue weighted by molar-refractivity contribution is -0.142. The number of carbonyl (C=O) groups is 1. The highest BCUT2D eigenvalue weighted by Crippen LogP contribution is 2.51. The van der Waals surface area contributed by atoms with Crippen LogP contribution in [0.15, 0.2) is 53.2 Å². The minimum atomic E-state index is -0.247. The molecule has 134 valence electrons. The quantitative estimate of drug-likeness (QED) is 0.429. The van der Waals surface area contributed by atoms with E-state index in [1.54, 1.807) is 12.3 Å². The molecule has 1 aromatic heterocycles. The largest absolute Gasteiger partial charge is 0.462 e. The predicted octanol–water partition coefficient (Wildman–Crippen LogP) is 5.77. The van der Waals surface area contributed by atoms with E-state index in [2.05, 4.69) is 27.0 Å². The van der Waals surface area contributed by atoms with Gasteiger partial charge in [0.2, 0.25) is 0 Å². The number of halogens is 3. The minimum absolute atomic E-state index is 0.00774. The molecule has 2 aromatic rings. The van der Waals surface area contributed by atoms with E-state index in [-0.39, 0.29) is 35.7 Å². The molecule has 0 saturated carbocycles. The predicted molar refractivity (Wildman–Crippen MR) is 106 cm³/mol. The minimum Gasteiger partial charge on any atom is -0.462 e. The molecule has 1 fully saturated rings. The van der Waals surface area contributed by atoms with Crippen molar-refractivity contribution in [2.24, 2.45) is 11.8 Å². The molecule has 0 amide bonds. The van der Waals surface area contributed by atoms with Crippen LogP contribution in [0, 0.1) is 11.8 Å². The molecule has 0 bridgehead atoms. The van der Waals surface area contributed by atoms with Gasteiger partial charge in [0.25, 0.3) is 0 Å². The van der Waals surface area contributed by atoms with Gasteiger partial charge in [-0.1, -0.05) is 41.4 Å². The number of cyclic esters (lactones) is 1. The van der Waals surface area contributed by atoms with Crippen LogP contribution in [0.2, 0.25) is 10.0 Å². The maximum absolute atomic E-state index is 12.3. The molecule has 3 nitrogen and oxygen atoms in total. The van der Waals surface area contributed by atoms with E-state index in [1.165, 1.54) is 0 Å². The lowest BCUT2D eigenvalue weighted by Crippen LogP contribution is -2.32. The van der Waals surface area contributed by atoms with Gasteiger partial charge in [-0.25, -0.2) is 0 Å². The molecule has 4 rings (SSSR count). The highest BCUT2D eigenvalue weighted by molar-refractivity contribution is 9.10. The van der Waals surface area contributed by atoms with E-state index in [9.17, 15) is 4.79 Å². The van der Waals surface area contributed by atoms with Crippen LogP contribution >= 0.6 is 39.1 Å². The monoisotopic (exact) mass is 451 g/mol. The average molecular weight is 453 g/mol. The lowest BCUT2D eigenvalue weighted by Gasteiger charge is -2.36. The Labute approximate surface area is 170 Å². The van der Waals surface area contributed by atoms with Gasteiger partial charge in [0.15, 0.2) is 0 Å². The van der Waals surface area contributed by atoms with Crippen LogP contribution in [0.3, 0.4) is 0 Å². The number of pyridine rings is 1. The van der Waals surface area contributed by atoms with E-state index >= 15 is 0 Å². The molecule has 0 spiro atoms. The summed E-state index contributed by atoms with van der Waals surface area (Å²) in [5.41, 5.74) is 1.90. The van der Waals surface area contributed by atoms with Crippen LogP contribution in [0.4, 0.5) is 0 Å². The number of benzene rings is 1. The standard InChI is InChI=1S/C20H16BrCl2NO2/c1-10-18-15(20(25)26-10)6-5-14(13-4-3-12(22)8-16(13)23)19(18)17-7-2-11(21)9-24-17/h2-10,14-15,18-19H,1H3. The zero-order valence-corrected chi connectivity index (χ0v) is 17.0. The Balaban J connectivity index is 1.85. The molecular weight excluding hydrogens is 437 g/mol. The Hall–Kier alpha value is -1.36. The number of aromatic nitrogens is 1. The number of hydrogen-bond donors (Lipinski definition) is 0. The van der Waals surface area contributed by atoms with Gasteiger partial charge in [-0.15, -0.1) is 0 Å². The highest BCUT2D eigenvalue weighted by Gasteiger charge is 2.50. The Kier molecular flexibility index (Phi) is 4.84. The zero-order chi connectivity index (χ0) is 18.4. The molecule has 5 atom stereocenters. The fraction of sp³-hybridized carbons (Fsp3) is 0.300. The zero-order valence-electron chi connectivity index (χ0n) is 13.9. The van der Waals surface area contributed by atoms with Crippen molar-refractivity contribution in [1.82, 2.24) is 4.98 Å². The van der Waals surface area contributed by atoms with Crippen LogP contribution < -0.4 is 0 Å². The molecule has 5 unspecified atom stereocenters. The van der Waals surface area contributed by atoms with Gasteiger partial charge in [0.05, 0.1) is 5.92 Å². The summed E-state index contributed by atoms with van der Waals surface area (Å²) in [6.45, 7) is 1.95. The third kappa shape index (κ3) is 3.08. The summed E-state index contributed by atoms with van der Waals surface area (Å²) < 4.78 is 6.45. The molecule has 6 heteroatoms. The lowest BCUT2D eigenvalue weighted by atomic mass is 9.66. The van der Waals surface area contributed by atoms with Crippen molar-refractivity contribution < 1.29 is 9.53 Å². The van der Waals surface area contributed by atoms with Crippen molar-refractivity contribution in [3.8, 4) is 0 Å². The first-order chi connectivity index (χ1) is 12.5. The number of fused-ring (bicyclic) bond motifs is 1. The van der Waals surface area contributed by atoms with E-state index in [4.69, 9.17) is 27.9 Å². The Morgan fingerprint density at radius 1 is 1.12 bits per heavy atom. The molecule has 2 heterocycles. The number of ether oxygens (including phenoxy) is 1. The van der Waals surface area contributed by atoms with Gasteiger partial charge in [-0.2, -0.15) is 0 Å². The molecule has 2 aliphatic rings. The topological polar surface area (TPSA) is 39.2 Å². The first-order valence-electron chi connectivity index (χ1n) is 8.41. The molecular formula is C20H16BrCl2NO2. The summed E-state index contributed by atoms with van der Waals surface area (Å²) in [4.78, 5) is 16.9. The van der Waals surface area contributed by atoms with Crippen molar-refractivity contribution >= 4 is 45.1 Å². The van der Waals surface area contributed by atoms with Crippen molar-refractivity contribution in [3.05, 3.63) is 74.5 Å². The highest BCUT2D eigenvalue weighted by atomic mass is 79.9. The van der Waals surface area contributed by atoms with Gasteiger partial charge in [0.1, 0.15) is 6.10 Å². The Morgan fingerprint density at radius 3 is 2.58 bits per heavy atom. The van der Waals surface area contributed by atoms with Crippen LogP contribution in [0.5, 0.6) is 0 Å². The molecule has 1 saturated heterocycles. The Morgan fingerprint density at radius 2 is 1.88 bits per heavy atom. The summed E-state index contributed by atoms with van der Waals surface area (Å²) in [6.07, 6.45) is 5.62. The molecule has 1 aromatic carbocycles. The molecule has 0 radical (unpaired) electrons. The van der Waals surface area contributed by atoms with Crippen molar-refractivity contribution in [2.75, 3.05) is 0 Å². The smallest absolute Gasteiger partial charge is 0.313 e. The van der Waals surface area contributed by atoms with E-state index in [1.807, 2.05) is 37.3 Å². The van der Waals surface area contributed by atoms with Crippen LogP contribution in [-0.4, -0.2) is 17.1 Å². The van der Waals surface area contributed by atoms with Gasteiger partial charge in [-0.3, -0.25) is 9.78 Å². The van der Waals surface area contributed by atoms with E-state index < -0.39 is 0 Å². The number of esters is 1. The van der Waals surface area contributed by atoms with Crippen molar-refractivity contribution in [3.63, 3.8) is 0 Å². The maximum Gasteiger partial charge on any atom is 0.313 e. The van der Waals surface area contributed by atoms with E-state index in [0.29, 0.717) is 10.0 Å². The summed E-state index contributed by atoms with van der Waals surface area (Å²) in [6, 6.07) is 9.52. The summed E-state index contributed by atoms with van der Waals surface area (Å²) in [5, 5.41) is 1.22. The molecule has 0 N–H and O–H groups in total. The number of allylic oxidation sites excluding steroid dienone is 1. The number of carbonyl (C=O) groups excluding carboxylic acids is 1. The average Bonchev–Trinajstić information content (AvgIpc) is 2.90. The first kappa shape index (κ1) is 18.0. The molecule has 26 heavy (non-hydrogen) atoms. The normalized spacial score (nSPS) is 30.2. The fourth-order valence-electron chi connectivity index (χ4n) is 4.14. The van der Waals surface area contributed by atoms with Crippen LogP contribution in [-0.2, 0) is 9.53 Å². The van der Waals surface area contributed by atoms with Crippen molar-refractivity contribution in [1.29, 1.82) is 0 Å². The maximum atomic E-state index is 12.3. The fourth-order valence-corrected chi connectivity index (χ4v) is 4.91. The SMILES string of the molecule is CC1OC(=O)C2C=CC(c3ccc(Cl)cc3Cl)C(c3ccc(Br)cn3)C12. The molecule has 1 aliphatic carbocycles. The number of nitrogens with zero attached hydrogens (tertiary/aromatic N) is 1. The molecule has 1 aliphatic heterocycles. The van der Waals surface area contributed by atoms with Crippen LogP contribution in [0.1, 0.15) is 30.0 Å². The summed E-state index contributed by atoms with van der Waals surface area (Å²) in [7, 11) is 0. The second-order valence-electron chi connectivity index (χ2n) is 6.75. The summed E-state index contributed by atoms with van der Waals surface area (Å²) >= 11 is 16.0. The number of rotatable bonds is 2. The third-order valence-corrected chi connectivity index (χ3v) is 6.30. The third-order valence-electron chi connectivity index (χ3n) is 5.27. The second-order valence-corrected chi connectivity index (χ2v) is 8.51. The first-order valence-corrected chi connectivity index (χ1v) is 9.96. The van der Waals surface area contributed by atoms with Crippen LogP contribution in [0.25, 0.3) is 0 Å². The second kappa shape index (κ2) is 6.99. The van der Waals surface area contributed by atoms with Crippen molar-refractivity contribution in [2.45, 2.75) is 24.9 Å².